The van der Waals surface area contributed by atoms with Gasteiger partial charge in [0.25, 0.3) is 0 Å². The maximum Gasteiger partial charge on any atom is 0.325 e. The molecule has 1 N–H and O–H groups in total. The van der Waals surface area contributed by atoms with Gasteiger partial charge in [-0.25, -0.2) is 0 Å². The average Bonchev–Trinajstić information content (AvgIpc) is 2.55. The summed E-state index contributed by atoms with van der Waals surface area (Å²) in [5.74, 6) is 1.13. The summed E-state index contributed by atoms with van der Waals surface area (Å²) in [6.07, 6.45) is 3.36. The highest BCUT2D eigenvalue weighted by Crippen LogP contribution is 2.25. The summed E-state index contributed by atoms with van der Waals surface area (Å²) >= 11 is 0. The number of hydrogen-bond acceptors (Lipinski definition) is 5. The van der Waals surface area contributed by atoms with E-state index >= 15 is 0 Å². The number of benzene rings is 1. The van der Waals surface area contributed by atoms with Crippen LogP contribution in [0, 0.1) is 0 Å². The van der Waals surface area contributed by atoms with Crippen molar-refractivity contribution >= 4 is 5.97 Å². The lowest BCUT2D eigenvalue weighted by molar-refractivity contribution is -0.149. The van der Waals surface area contributed by atoms with Crippen LogP contribution in [0.15, 0.2) is 48.8 Å². The molecule has 0 amide bonds. The highest BCUT2D eigenvalue weighted by atomic mass is 16.5. The molecule has 1 aromatic heterocycles. The van der Waals surface area contributed by atoms with Gasteiger partial charge in [-0.05, 0) is 39.0 Å². The van der Waals surface area contributed by atoms with Gasteiger partial charge in [0, 0.05) is 18.3 Å². The minimum absolute atomic E-state index is 0.273. The van der Waals surface area contributed by atoms with Crippen molar-refractivity contribution in [2.45, 2.75) is 32.9 Å². The van der Waals surface area contributed by atoms with Crippen LogP contribution in [-0.4, -0.2) is 23.1 Å². The zero-order valence-corrected chi connectivity index (χ0v) is 13.7. The molecule has 0 bridgehead atoms. The largest absolute Gasteiger partial charge is 0.465 e. The van der Waals surface area contributed by atoms with E-state index in [1.54, 1.807) is 33.2 Å². The van der Waals surface area contributed by atoms with E-state index in [9.17, 15) is 4.79 Å². The molecule has 122 valence electrons. The predicted molar refractivity (Wildman–Crippen MR) is 88.3 cm³/mol. The molecule has 23 heavy (non-hydrogen) atoms. The Morgan fingerprint density at radius 3 is 2.70 bits per heavy atom. The van der Waals surface area contributed by atoms with Crippen LogP contribution in [0.1, 0.15) is 26.3 Å². The maximum absolute atomic E-state index is 11.9. The van der Waals surface area contributed by atoms with Gasteiger partial charge in [-0.2, -0.15) is 0 Å². The van der Waals surface area contributed by atoms with Crippen molar-refractivity contribution in [2.24, 2.45) is 0 Å². The fourth-order valence-corrected chi connectivity index (χ4v) is 1.98. The molecular formula is C18H22N2O3. The first-order valence-corrected chi connectivity index (χ1v) is 7.61. The Kier molecular flexibility index (Phi) is 5.71. The highest BCUT2D eigenvalue weighted by molar-refractivity contribution is 5.79. The second kappa shape index (κ2) is 7.74. The van der Waals surface area contributed by atoms with Crippen molar-refractivity contribution in [3.8, 4) is 11.5 Å². The van der Waals surface area contributed by atoms with Crippen LogP contribution in [0.4, 0.5) is 0 Å². The number of nitrogens with zero attached hydrogens (tertiary/aromatic N) is 1. The van der Waals surface area contributed by atoms with Crippen LogP contribution in [0.3, 0.4) is 0 Å². The zero-order valence-electron chi connectivity index (χ0n) is 13.7. The third-order valence-corrected chi connectivity index (χ3v) is 3.34. The molecule has 0 saturated heterocycles. The molecule has 0 aliphatic carbocycles. The van der Waals surface area contributed by atoms with Gasteiger partial charge in [0.1, 0.15) is 17.0 Å². The van der Waals surface area contributed by atoms with Gasteiger partial charge in [0.2, 0.25) is 0 Å². The quantitative estimate of drug-likeness (QED) is 0.795. The Labute approximate surface area is 136 Å². The summed E-state index contributed by atoms with van der Waals surface area (Å²) in [5, 5.41) is 3.22. The lowest BCUT2D eigenvalue weighted by Crippen LogP contribution is -2.47. The number of pyridine rings is 1. The Morgan fingerprint density at radius 1 is 1.22 bits per heavy atom. The van der Waals surface area contributed by atoms with E-state index in [1.807, 2.05) is 36.4 Å². The Morgan fingerprint density at radius 2 is 2.00 bits per heavy atom. The second-order valence-electron chi connectivity index (χ2n) is 5.60. The molecule has 0 spiro atoms. The number of hydrogen-bond donors (Lipinski definition) is 1. The fraction of sp³-hybridized carbons (Fsp3) is 0.333. The van der Waals surface area contributed by atoms with Gasteiger partial charge in [0.15, 0.2) is 0 Å². The smallest absolute Gasteiger partial charge is 0.325 e. The van der Waals surface area contributed by atoms with Crippen molar-refractivity contribution < 1.29 is 14.3 Å². The molecule has 1 aromatic carbocycles. The SMILES string of the molecule is CCOC(=O)C(C)(C)NCc1ccccc1Oc1cccnc1. The number of carbonyl (C=O) groups is 1. The van der Waals surface area contributed by atoms with Crippen LogP contribution in [0.2, 0.25) is 0 Å². The zero-order chi connectivity index (χ0) is 16.7. The van der Waals surface area contributed by atoms with Crippen LogP contribution < -0.4 is 10.1 Å². The molecule has 1 heterocycles. The molecule has 2 rings (SSSR count). The standard InChI is InChI=1S/C18H22N2O3/c1-4-22-17(21)18(2,3)20-12-14-8-5-6-10-16(14)23-15-9-7-11-19-13-15/h5-11,13,20H,4,12H2,1-3H3. The lowest BCUT2D eigenvalue weighted by atomic mass is 10.1. The first kappa shape index (κ1) is 17.0. The normalized spacial score (nSPS) is 11.1. The summed E-state index contributed by atoms with van der Waals surface area (Å²) in [6, 6.07) is 11.4. The fourth-order valence-electron chi connectivity index (χ4n) is 1.98. The Hall–Kier alpha value is -2.40. The number of aromatic nitrogens is 1. The number of para-hydroxylation sites is 1. The summed E-state index contributed by atoms with van der Waals surface area (Å²) in [6.45, 7) is 6.25. The van der Waals surface area contributed by atoms with E-state index in [1.165, 1.54) is 0 Å². The number of nitrogens with one attached hydrogen (secondary N) is 1. The third-order valence-electron chi connectivity index (χ3n) is 3.34. The van der Waals surface area contributed by atoms with E-state index in [4.69, 9.17) is 9.47 Å². The van der Waals surface area contributed by atoms with Crippen molar-refractivity contribution in [3.05, 3.63) is 54.4 Å². The number of rotatable bonds is 7. The first-order valence-electron chi connectivity index (χ1n) is 7.61. The minimum Gasteiger partial charge on any atom is -0.465 e. The number of esters is 1. The predicted octanol–water partition coefficient (Wildman–Crippen LogP) is 3.31. The molecule has 0 aliphatic heterocycles. The average molecular weight is 314 g/mol. The van der Waals surface area contributed by atoms with Gasteiger partial charge in [-0.3, -0.25) is 15.1 Å². The molecule has 0 aliphatic rings. The van der Waals surface area contributed by atoms with E-state index in [2.05, 4.69) is 10.3 Å². The summed E-state index contributed by atoms with van der Waals surface area (Å²) in [4.78, 5) is 16.0. The van der Waals surface area contributed by atoms with Crippen molar-refractivity contribution in [3.63, 3.8) is 0 Å². The highest BCUT2D eigenvalue weighted by Gasteiger charge is 2.28. The number of carbonyl (C=O) groups excluding carboxylic acids is 1. The van der Waals surface area contributed by atoms with Gasteiger partial charge in [-0.1, -0.05) is 18.2 Å². The molecule has 0 fully saturated rings. The molecule has 0 radical (unpaired) electrons. The van der Waals surface area contributed by atoms with Crippen molar-refractivity contribution in [1.82, 2.24) is 10.3 Å². The molecule has 0 saturated carbocycles. The van der Waals surface area contributed by atoms with Crippen LogP contribution in [-0.2, 0) is 16.1 Å². The number of ether oxygens (including phenoxy) is 2. The van der Waals surface area contributed by atoms with Crippen LogP contribution in [0.25, 0.3) is 0 Å². The molecule has 0 unspecified atom stereocenters. The molecule has 0 atom stereocenters. The molecule has 5 nitrogen and oxygen atoms in total. The lowest BCUT2D eigenvalue weighted by Gasteiger charge is -2.24. The topological polar surface area (TPSA) is 60.5 Å². The van der Waals surface area contributed by atoms with Crippen LogP contribution >= 0.6 is 0 Å². The van der Waals surface area contributed by atoms with E-state index in [-0.39, 0.29) is 5.97 Å². The van der Waals surface area contributed by atoms with E-state index in [0.717, 1.165) is 11.3 Å². The summed E-state index contributed by atoms with van der Waals surface area (Å²) < 4.78 is 10.9. The van der Waals surface area contributed by atoms with Crippen molar-refractivity contribution in [2.75, 3.05) is 6.61 Å². The molecule has 5 heteroatoms. The van der Waals surface area contributed by atoms with Crippen molar-refractivity contribution in [1.29, 1.82) is 0 Å². The minimum atomic E-state index is -0.766. The Balaban J connectivity index is 2.07. The van der Waals surface area contributed by atoms with Gasteiger partial charge >= 0.3 is 5.97 Å². The maximum atomic E-state index is 11.9. The summed E-state index contributed by atoms with van der Waals surface area (Å²) in [5.41, 5.74) is 0.186. The molecular weight excluding hydrogens is 292 g/mol. The Bertz CT molecular complexity index is 642. The third kappa shape index (κ3) is 4.79. The van der Waals surface area contributed by atoms with Crippen LogP contribution in [0.5, 0.6) is 11.5 Å². The summed E-state index contributed by atoms with van der Waals surface area (Å²) in [7, 11) is 0. The van der Waals surface area contributed by atoms with Gasteiger partial charge in [0.05, 0.1) is 12.8 Å². The van der Waals surface area contributed by atoms with E-state index < -0.39 is 5.54 Å². The molecule has 2 aromatic rings. The monoisotopic (exact) mass is 314 g/mol. The second-order valence-corrected chi connectivity index (χ2v) is 5.60. The van der Waals surface area contributed by atoms with E-state index in [0.29, 0.717) is 18.9 Å². The van der Waals surface area contributed by atoms with Gasteiger partial charge in [-0.15, -0.1) is 0 Å². The van der Waals surface area contributed by atoms with Gasteiger partial charge < -0.3 is 9.47 Å². The first-order chi connectivity index (χ1) is 11.0.